The molecule has 3 N–H and O–H groups in total. The van der Waals surface area contributed by atoms with Crippen molar-refractivity contribution in [3.63, 3.8) is 0 Å². The molecule has 0 saturated carbocycles. The predicted molar refractivity (Wildman–Crippen MR) is 96.7 cm³/mol. The van der Waals surface area contributed by atoms with Crippen molar-refractivity contribution in [2.24, 2.45) is 0 Å². The van der Waals surface area contributed by atoms with E-state index in [1.807, 2.05) is 54.6 Å². The Balaban J connectivity index is 1.57. The minimum Gasteiger partial charge on any atom is -0.508 e. The van der Waals surface area contributed by atoms with E-state index in [0.717, 1.165) is 23.2 Å². The van der Waals surface area contributed by atoms with Crippen LogP contribution in [0.4, 0.5) is 0 Å². The van der Waals surface area contributed by atoms with E-state index in [1.54, 1.807) is 12.1 Å². The van der Waals surface area contributed by atoms with E-state index in [0.29, 0.717) is 6.54 Å². The molecular weight excluding hydrogens is 298 g/mol. The van der Waals surface area contributed by atoms with Crippen LogP contribution in [0.3, 0.4) is 0 Å². The average molecular weight is 319 g/mol. The van der Waals surface area contributed by atoms with Crippen molar-refractivity contribution in [3.05, 3.63) is 90.0 Å². The highest BCUT2D eigenvalue weighted by atomic mass is 16.3. The fraction of sp³-hybridized carbons (Fsp3) is 0.143. The van der Waals surface area contributed by atoms with Gasteiger partial charge in [-0.05, 0) is 34.4 Å². The van der Waals surface area contributed by atoms with E-state index < -0.39 is 6.10 Å². The molecule has 3 aromatic rings. The van der Waals surface area contributed by atoms with Gasteiger partial charge < -0.3 is 15.5 Å². The Bertz CT molecular complexity index is 752. The first-order valence-electron chi connectivity index (χ1n) is 8.04. The highest BCUT2D eigenvalue weighted by molar-refractivity contribution is 5.64. The van der Waals surface area contributed by atoms with Gasteiger partial charge in [0.2, 0.25) is 0 Å². The lowest BCUT2D eigenvalue weighted by Crippen LogP contribution is -2.20. The zero-order valence-electron chi connectivity index (χ0n) is 13.4. The van der Waals surface area contributed by atoms with Crippen molar-refractivity contribution in [1.82, 2.24) is 5.32 Å². The summed E-state index contributed by atoms with van der Waals surface area (Å²) in [5.41, 5.74) is 4.18. The Morgan fingerprint density at radius 2 is 1.33 bits per heavy atom. The zero-order valence-corrected chi connectivity index (χ0v) is 13.4. The third kappa shape index (κ3) is 4.22. The van der Waals surface area contributed by atoms with Crippen LogP contribution in [-0.4, -0.2) is 16.8 Å². The zero-order chi connectivity index (χ0) is 16.8. The quantitative estimate of drug-likeness (QED) is 0.646. The number of aliphatic hydroxyl groups excluding tert-OH is 1. The SMILES string of the molecule is Oc1ccc(-c2ccc(C(O)CNCc3ccccc3)cc2)cc1. The van der Waals surface area contributed by atoms with Crippen molar-refractivity contribution < 1.29 is 10.2 Å². The average Bonchev–Trinajstić information content (AvgIpc) is 2.63. The molecule has 3 nitrogen and oxygen atoms in total. The van der Waals surface area contributed by atoms with Crippen LogP contribution in [0.5, 0.6) is 5.75 Å². The molecule has 0 aliphatic rings. The maximum atomic E-state index is 10.3. The van der Waals surface area contributed by atoms with Crippen LogP contribution in [0.25, 0.3) is 11.1 Å². The number of nitrogens with one attached hydrogen (secondary N) is 1. The van der Waals surface area contributed by atoms with Crippen LogP contribution in [0.1, 0.15) is 17.2 Å². The van der Waals surface area contributed by atoms with Gasteiger partial charge in [-0.25, -0.2) is 0 Å². The molecule has 122 valence electrons. The van der Waals surface area contributed by atoms with Crippen molar-refractivity contribution >= 4 is 0 Å². The van der Waals surface area contributed by atoms with Crippen LogP contribution in [-0.2, 0) is 6.54 Å². The maximum Gasteiger partial charge on any atom is 0.115 e. The number of rotatable bonds is 6. The number of aliphatic hydroxyl groups is 1. The number of benzene rings is 3. The van der Waals surface area contributed by atoms with Gasteiger partial charge in [0.1, 0.15) is 5.75 Å². The number of aromatic hydroxyl groups is 1. The topological polar surface area (TPSA) is 52.5 Å². The molecule has 24 heavy (non-hydrogen) atoms. The predicted octanol–water partition coefficient (Wildman–Crippen LogP) is 3.88. The second-order valence-corrected chi connectivity index (χ2v) is 5.80. The summed E-state index contributed by atoms with van der Waals surface area (Å²) < 4.78 is 0. The number of phenolic OH excluding ortho intramolecular Hbond substituents is 1. The van der Waals surface area contributed by atoms with Gasteiger partial charge >= 0.3 is 0 Å². The van der Waals surface area contributed by atoms with Gasteiger partial charge in [0, 0.05) is 13.1 Å². The first kappa shape index (κ1) is 16.2. The fourth-order valence-corrected chi connectivity index (χ4v) is 2.62. The highest BCUT2D eigenvalue weighted by Crippen LogP contribution is 2.23. The van der Waals surface area contributed by atoms with Crippen LogP contribution < -0.4 is 5.32 Å². The second kappa shape index (κ2) is 7.77. The summed E-state index contributed by atoms with van der Waals surface area (Å²) in [5.74, 6) is 0.260. The minimum absolute atomic E-state index is 0.260. The number of hydrogen-bond donors (Lipinski definition) is 3. The first-order valence-corrected chi connectivity index (χ1v) is 8.04. The summed E-state index contributed by atoms with van der Waals surface area (Å²) >= 11 is 0. The fourth-order valence-electron chi connectivity index (χ4n) is 2.62. The molecule has 3 heteroatoms. The Labute approximate surface area is 142 Å². The Kier molecular flexibility index (Phi) is 5.26. The smallest absolute Gasteiger partial charge is 0.115 e. The molecule has 0 amide bonds. The third-order valence-electron chi connectivity index (χ3n) is 4.01. The molecular formula is C21H21NO2. The third-order valence-corrected chi connectivity index (χ3v) is 4.01. The van der Waals surface area contributed by atoms with Gasteiger partial charge in [-0.2, -0.15) is 0 Å². The van der Waals surface area contributed by atoms with Gasteiger partial charge in [0.25, 0.3) is 0 Å². The molecule has 0 spiro atoms. The van der Waals surface area contributed by atoms with Crippen molar-refractivity contribution in [1.29, 1.82) is 0 Å². The van der Waals surface area contributed by atoms with Gasteiger partial charge in [0.15, 0.2) is 0 Å². The van der Waals surface area contributed by atoms with Gasteiger partial charge in [-0.15, -0.1) is 0 Å². The van der Waals surface area contributed by atoms with Gasteiger partial charge in [0.05, 0.1) is 6.10 Å². The van der Waals surface area contributed by atoms with E-state index >= 15 is 0 Å². The van der Waals surface area contributed by atoms with E-state index in [-0.39, 0.29) is 5.75 Å². The molecule has 0 fully saturated rings. The van der Waals surface area contributed by atoms with E-state index in [9.17, 15) is 10.2 Å². The second-order valence-electron chi connectivity index (χ2n) is 5.80. The van der Waals surface area contributed by atoms with Crippen LogP contribution in [0, 0.1) is 0 Å². The number of hydrogen-bond acceptors (Lipinski definition) is 3. The highest BCUT2D eigenvalue weighted by Gasteiger charge is 2.07. The Morgan fingerprint density at radius 3 is 1.96 bits per heavy atom. The van der Waals surface area contributed by atoms with Crippen LogP contribution in [0.2, 0.25) is 0 Å². The molecule has 0 aliphatic heterocycles. The largest absolute Gasteiger partial charge is 0.508 e. The Morgan fingerprint density at radius 1 is 0.750 bits per heavy atom. The lowest BCUT2D eigenvalue weighted by atomic mass is 10.0. The lowest BCUT2D eigenvalue weighted by Gasteiger charge is -2.13. The monoisotopic (exact) mass is 319 g/mol. The van der Waals surface area contributed by atoms with Crippen molar-refractivity contribution in [3.8, 4) is 16.9 Å². The Hall–Kier alpha value is -2.62. The van der Waals surface area contributed by atoms with Crippen LogP contribution >= 0.6 is 0 Å². The molecule has 3 aromatic carbocycles. The van der Waals surface area contributed by atoms with Gasteiger partial charge in [-0.3, -0.25) is 0 Å². The summed E-state index contributed by atoms with van der Waals surface area (Å²) in [6.07, 6.45) is -0.539. The van der Waals surface area contributed by atoms with E-state index in [4.69, 9.17) is 0 Å². The molecule has 0 bridgehead atoms. The molecule has 0 radical (unpaired) electrons. The molecule has 1 atom stereocenters. The molecule has 0 aliphatic carbocycles. The van der Waals surface area contributed by atoms with Crippen molar-refractivity contribution in [2.45, 2.75) is 12.6 Å². The van der Waals surface area contributed by atoms with Crippen LogP contribution in [0.15, 0.2) is 78.9 Å². The molecule has 0 aromatic heterocycles. The summed E-state index contributed by atoms with van der Waals surface area (Å²) in [7, 11) is 0. The molecule has 0 saturated heterocycles. The molecule has 0 heterocycles. The summed E-state index contributed by atoms with van der Waals surface area (Å²) in [6, 6.07) is 25.1. The van der Waals surface area contributed by atoms with E-state index in [2.05, 4.69) is 17.4 Å². The first-order chi connectivity index (χ1) is 11.7. The summed E-state index contributed by atoms with van der Waals surface area (Å²) in [4.78, 5) is 0. The maximum absolute atomic E-state index is 10.3. The van der Waals surface area contributed by atoms with Crippen molar-refractivity contribution in [2.75, 3.05) is 6.54 Å². The lowest BCUT2D eigenvalue weighted by molar-refractivity contribution is 0.174. The standard InChI is InChI=1S/C21H21NO2/c23-20-12-10-18(11-13-20)17-6-8-19(9-7-17)21(24)15-22-14-16-4-2-1-3-5-16/h1-13,21-24H,14-15H2. The number of phenols is 1. The summed E-state index contributed by atoms with van der Waals surface area (Å²) in [6.45, 7) is 1.25. The molecule has 1 unspecified atom stereocenters. The van der Waals surface area contributed by atoms with E-state index in [1.165, 1.54) is 5.56 Å². The molecule has 3 rings (SSSR count). The summed E-state index contributed by atoms with van der Waals surface area (Å²) in [5, 5.41) is 22.9. The van der Waals surface area contributed by atoms with Gasteiger partial charge in [-0.1, -0.05) is 66.7 Å². The normalized spacial score (nSPS) is 12.0. The minimum atomic E-state index is -0.539.